The predicted octanol–water partition coefficient (Wildman–Crippen LogP) is 1.97. The van der Waals surface area contributed by atoms with Crippen molar-refractivity contribution in [2.45, 2.75) is 0 Å². The number of rotatable bonds is 0. The van der Waals surface area contributed by atoms with Crippen LogP contribution in [0.2, 0.25) is 0 Å². The van der Waals surface area contributed by atoms with E-state index in [1.54, 1.807) is 0 Å². The normalized spacial score (nSPS) is 12.0. The molecule has 0 rings (SSSR count). The molecule has 0 fully saturated rings. The summed E-state index contributed by atoms with van der Waals surface area (Å²) in [6.45, 7) is 0. The standard InChI is InChI=1S/4Tm.8H2/h;;;;8*1H/i;;;;6*1+2T;2*1+2. The van der Waals surface area contributed by atoms with Gasteiger partial charge in [0.15, 0.2) is 0 Å². The molecule has 0 bridgehead atoms. The number of hydrogen-bond donors (Lipinski definition) is 0. The zero-order valence-electron chi connectivity index (χ0n) is 13.1. The summed E-state index contributed by atoms with van der Waals surface area (Å²) in [7, 11) is 0. The van der Waals surface area contributed by atoms with E-state index in [2.05, 4.69) is 0 Å². The van der Waals surface area contributed by atoms with E-state index in [9.17, 15) is 0 Å². The minimum atomic E-state index is 0. The van der Waals surface area contributed by atoms with Crippen LogP contribution in [-0.4, -0.2) is 0 Å². The van der Waals surface area contributed by atoms with E-state index < -0.39 is 0 Å². The van der Waals surface area contributed by atoms with Gasteiger partial charge in [0, 0.05) is 168 Å². The molecule has 0 aromatic rings. The first-order valence-corrected chi connectivity index (χ1v) is 0. The molecule has 0 heterocycles. The Hall–Kier alpha value is 4.94. The van der Waals surface area contributed by atoms with Crippen molar-refractivity contribution in [2.75, 3.05) is 0 Å². The quantitative estimate of drug-likeness (QED) is 0.360. The zero-order valence-corrected chi connectivity index (χ0v) is 8.23. The Labute approximate surface area is 164 Å². The number of hydrogen-bond acceptors (Lipinski definition) is 0. The van der Waals surface area contributed by atoms with Crippen molar-refractivity contribution in [3.05, 3.63) is 0 Å². The molecule has 0 amide bonds. The van der Waals surface area contributed by atoms with Crippen molar-refractivity contribution in [1.29, 1.82) is 0 Å². The monoisotopic (exact) mass is 720 g/mol. The van der Waals surface area contributed by atoms with Gasteiger partial charge in [-0.25, -0.2) is 0 Å². The molecule has 0 atom stereocenters. The van der Waals surface area contributed by atoms with Gasteiger partial charge in [-0.05, 0) is 0 Å². The molecule has 0 saturated heterocycles. The van der Waals surface area contributed by atoms with E-state index in [0.29, 0.717) is 0 Å². The van der Waals surface area contributed by atoms with Crippen LogP contribution in [0.25, 0.3) is 0 Å². The summed E-state index contributed by atoms with van der Waals surface area (Å²) in [4.78, 5) is 0. The Balaban J connectivity index is -0.00000000225. The second-order valence-corrected chi connectivity index (χ2v) is 0. The summed E-state index contributed by atoms with van der Waals surface area (Å²) in [6.07, 6.45) is 0. The molecule has 4 heteroatoms. The molecule has 0 spiro atoms. The molecule has 4 heavy (non-hydrogen) atoms. The Morgan fingerprint density at radius 1 is 0.750 bits per heavy atom. The first kappa shape index (κ1) is 4.70. The minimum Gasteiger partial charge on any atom is 0 e. The Bertz CT molecular complexity index is 13.8. The first-order valence-electron chi connectivity index (χ1n) is 6.00. The summed E-state index contributed by atoms with van der Waals surface area (Å²) in [5, 5.41) is 0. The van der Waals surface area contributed by atoms with Crippen molar-refractivity contribution < 1.29 is 168 Å². The van der Waals surface area contributed by atoms with Gasteiger partial charge < -0.3 is 0 Å². The third-order valence-electron chi connectivity index (χ3n) is 0. The van der Waals surface area contributed by atoms with E-state index >= 15 is 0 Å². The zero-order chi connectivity index (χ0) is 12.0. The smallest absolute Gasteiger partial charge is 0 e. The van der Waals surface area contributed by atoms with Gasteiger partial charge in [-0.1, -0.05) is 0 Å². The van der Waals surface area contributed by atoms with E-state index in [1.165, 1.54) is 0 Å². The molecule has 0 unspecified atom stereocenters. The van der Waals surface area contributed by atoms with Crippen LogP contribution in [0.15, 0.2) is 0 Å². The Morgan fingerprint density at radius 3 is 0.750 bits per heavy atom. The molecule has 0 aliphatic heterocycles. The largest absolute Gasteiger partial charge is 0 e. The summed E-state index contributed by atoms with van der Waals surface area (Å²) < 4.78 is 60.0. The van der Waals surface area contributed by atoms with E-state index in [4.69, 9.17) is 17.8 Å². The van der Waals surface area contributed by atoms with Crippen molar-refractivity contribution in [3.8, 4) is 0 Å². The molecule has 0 N–H and O–H groups in total. The van der Waals surface area contributed by atoms with E-state index in [1.807, 2.05) is 0 Å². The van der Waals surface area contributed by atoms with Crippen molar-refractivity contribution in [2.24, 2.45) is 0 Å². The summed E-state index contributed by atoms with van der Waals surface area (Å²) in [6, 6.07) is 0. The average Bonchev–Trinajstić information content (AvgIpc) is 2.33. The molecule has 0 aliphatic rings. The Kier molecular flexibility index (Phi) is 18.4. The predicted molar refractivity (Wildman–Crippen MR) is 16.9 cm³/mol. The summed E-state index contributed by atoms with van der Waals surface area (Å²) in [5.41, 5.74) is 0. The molecular weight excluding hydrogens is 676 g/mol. The second kappa shape index (κ2) is 15.7. The molecule has 68 valence electrons. The van der Waals surface area contributed by atoms with Crippen LogP contribution in [0.4, 0.5) is 0 Å². The maximum Gasteiger partial charge on any atom is 0 e. The molecule has 0 aromatic carbocycles. The van der Waals surface area contributed by atoms with Crippen LogP contribution in [0.3, 0.4) is 0 Å². The Morgan fingerprint density at radius 2 is 0.750 bits per heavy atom. The summed E-state index contributed by atoms with van der Waals surface area (Å²) in [5.74, 6) is 0. The van der Waals surface area contributed by atoms with Crippen LogP contribution in [0, 0.1) is 147 Å². The maximum atomic E-state index is 5.00. The first-order chi connectivity index (χ1) is 6.00. The van der Waals surface area contributed by atoms with Crippen LogP contribution in [0.5, 0.6) is 0 Å². The van der Waals surface area contributed by atoms with Crippen LogP contribution >= 0.6 is 0 Å². The van der Waals surface area contributed by atoms with E-state index in [-0.39, 0.29) is 150 Å². The molecule has 0 saturated carbocycles. The average molecular weight is 720 g/mol. The van der Waals surface area contributed by atoms with Crippen molar-refractivity contribution in [1.82, 2.24) is 0 Å². The van der Waals surface area contributed by atoms with Gasteiger partial charge >= 0.3 is 0 Å². The fraction of sp³-hybridized carbons (Fsp3) is 0. The summed E-state index contributed by atoms with van der Waals surface area (Å²) >= 11 is 0. The molecule has 0 nitrogen and oxygen atoms in total. The second-order valence-electron chi connectivity index (χ2n) is 0. The van der Waals surface area contributed by atoms with Gasteiger partial charge in [-0.3, -0.25) is 0 Å². The molecule has 4 radical (unpaired) electrons. The van der Waals surface area contributed by atoms with Gasteiger partial charge in [0.2, 0.25) is 0 Å². The van der Waals surface area contributed by atoms with Crippen molar-refractivity contribution >= 4 is 0 Å². The van der Waals surface area contributed by atoms with Gasteiger partial charge in [-0.15, -0.1) is 0 Å². The minimum absolute atomic E-state index is 0. The van der Waals surface area contributed by atoms with Crippen LogP contribution < -0.4 is 0 Å². The fourth-order valence-corrected chi connectivity index (χ4v) is 0. The van der Waals surface area contributed by atoms with Crippen LogP contribution in [-0.2, 0) is 0 Å². The van der Waals surface area contributed by atoms with Crippen molar-refractivity contribution in [3.63, 3.8) is 0 Å². The fourth-order valence-electron chi connectivity index (χ4n) is 0. The maximum absolute atomic E-state index is 5.00. The third kappa shape index (κ3) is 10.0. The van der Waals surface area contributed by atoms with Gasteiger partial charge in [0.1, 0.15) is 0 Å². The molecular formula is H16Tm4. The molecule has 0 aliphatic carbocycles. The van der Waals surface area contributed by atoms with Crippen LogP contribution in [0.1, 0.15) is 20.7 Å². The van der Waals surface area contributed by atoms with Gasteiger partial charge in [0.05, 0.1) is 0 Å². The van der Waals surface area contributed by atoms with E-state index in [0.717, 1.165) is 0 Å². The topological polar surface area (TPSA) is 0 Å². The third-order valence-corrected chi connectivity index (χ3v) is 0. The molecule has 0 aromatic heterocycles. The van der Waals surface area contributed by atoms with Gasteiger partial charge in [-0.2, -0.15) is 0 Å². The van der Waals surface area contributed by atoms with Gasteiger partial charge in [0.25, 0.3) is 0 Å². The SMILES string of the molecule is [3HH].[3HH].[3H][3H].[3H][3H].[3H][3H].[3H][3H].[3H][3H].[3H][3H].[Tm].[Tm].[Tm].[Tm].